The summed E-state index contributed by atoms with van der Waals surface area (Å²) >= 11 is 0. The first kappa shape index (κ1) is 18.0. The van der Waals surface area contributed by atoms with Crippen molar-refractivity contribution in [3.63, 3.8) is 0 Å². The molecule has 0 bridgehead atoms. The van der Waals surface area contributed by atoms with Gasteiger partial charge in [0.15, 0.2) is 0 Å². The fourth-order valence-electron chi connectivity index (χ4n) is 4.67. The summed E-state index contributed by atoms with van der Waals surface area (Å²) in [6.07, 6.45) is 0. The maximum absolute atomic E-state index is 9.90. The van der Waals surface area contributed by atoms with Crippen LogP contribution in [0, 0.1) is 11.8 Å². The Morgan fingerprint density at radius 1 is 0.962 bits per heavy atom. The largest absolute Gasteiger partial charge is 0.396 e. The van der Waals surface area contributed by atoms with Gasteiger partial charge in [-0.15, -0.1) is 0 Å². The summed E-state index contributed by atoms with van der Waals surface area (Å²) in [7, 11) is 4.37. The van der Waals surface area contributed by atoms with Gasteiger partial charge in [-0.05, 0) is 36.4 Å². The molecule has 0 aliphatic carbocycles. The van der Waals surface area contributed by atoms with Gasteiger partial charge in [0.05, 0.1) is 0 Å². The van der Waals surface area contributed by atoms with Crippen LogP contribution in [0.2, 0.25) is 0 Å². The van der Waals surface area contributed by atoms with E-state index in [9.17, 15) is 5.11 Å². The van der Waals surface area contributed by atoms with Gasteiger partial charge in [0.25, 0.3) is 0 Å². The van der Waals surface area contributed by atoms with Crippen LogP contribution >= 0.6 is 0 Å². The minimum absolute atomic E-state index is 0.310. The average molecular weight is 357 g/mol. The van der Waals surface area contributed by atoms with Crippen molar-refractivity contribution in [3.05, 3.63) is 36.0 Å². The van der Waals surface area contributed by atoms with Crippen LogP contribution in [0.25, 0.3) is 10.9 Å². The fraction of sp³-hybridized carbons (Fsp3) is 0.619. The zero-order valence-corrected chi connectivity index (χ0v) is 16.1. The smallest absolute Gasteiger partial charge is 0.0480 e. The zero-order chi connectivity index (χ0) is 18.1. The number of rotatable bonds is 5. The van der Waals surface area contributed by atoms with E-state index in [1.54, 1.807) is 0 Å². The predicted molar refractivity (Wildman–Crippen MR) is 106 cm³/mol. The number of piperazine rings is 1. The van der Waals surface area contributed by atoms with E-state index >= 15 is 0 Å². The minimum Gasteiger partial charge on any atom is -0.396 e. The lowest BCUT2D eigenvalue weighted by Crippen LogP contribution is -2.47. The highest BCUT2D eigenvalue weighted by atomic mass is 16.3. The molecule has 2 fully saturated rings. The number of benzene rings is 1. The number of para-hydroxylation sites is 1. The highest BCUT2D eigenvalue weighted by Gasteiger charge is 2.34. The number of aryl methyl sites for hydroxylation is 1. The van der Waals surface area contributed by atoms with Crippen molar-refractivity contribution in [3.8, 4) is 0 Å². The van der Waals surface area contributed by atoms with Crippen molar-refractivity contribution in [2.24, 2.45) is 18.9 Å². The Morgan fingerprint density at radius 2 is 1.69 bits per heavy atom. The molecule has 2 atom stereocenters. The molecule has 5 heteroatoms. The molecular weight excluding hydrogens is 324 g/mol. The van der Waals surface area contributed by atoms with Crippen molar-refractivity contribution < 1.29 is 5.11 Å². The van der Waals surface area contributed by atoms with Crippen molar-refractivity contribution in [2.45, 2.75) is 6.54 Å². The van der Waals surface area contributed by atoms with Gasteiger partial charge in [0, 0.05) is 77.2 Å². The van der Waals surface area contributed by atoms with Gasteiger partial charge in [0.2, 0.25) is 0 Å². The van der Waals surface area contributed by atoms with Crippen molar-refractivity contribution in [1.29, 1.82) is 0 Å². The Kier molecular flexibility index (Phi) is 5.32. The number of aliphatic hydroxyl groups is 1. The van der Waals surface area contributed by atoms with Crippen LogP contribution in [-0.4, -0.2) is 83.8 Å². The van der Waals surface area contributed by atoms with Crippen LogP contribution in [0.3, 0.4) is 0 Å². The summed E-state index contributed by atoms with van der Waals surface area (Å²) in [6, 6.07) is 10.9. The van der Waals surface area contributed by atoms with E-state index in [0.717, 1.165) is 52.4 Å². The number of aromatic nitrogens is 1. The molecule has 4 rings (SSSR count). The molecule has 0 unspecified atom stereocenters. The highest BCUT2D eigenvalue weighted by Crippen LogP contribution is 2.27. The highest BCUT2D eigenvalue weighted by molar-refractivity contribution is 5.81. The second kappa shape index (κ2) is 7.69. The first-order valence-corrected chi connectivity index (χ1v) is 9.91. The number of hydrogen-bond acceptors (Lipinski definition) is 4. The van der Waals surface area contributed by atoms with E-state index in [4.69, 9.17) is 0 Å². The lowest BCUT2D eigenvalue weighted by atomic mass is 9.96. The van der Waals surface area contributed by atoms with Crippen molar-refractivity contribution in [1.82, 2.24) is 19.3 Å². The monoisotopic (exact) mass is 356 g/mol. The van der Waals surface area contributed by atoms with Crippen molar-refractivity contribution in [2.75, 3.05) is 59.5 Å². The van der Waals surface area contributed by atoms with Crippen LogP contribution in [0.4, 0.5) is 0 Å². The topological polar surface area (TPSA) is 34.9 Å². The Balaban J connectivity index is 1.41. The first-order chi connectivity index (χ1) is 12.6. The number of fused-ring (bicyclic) bond motifs is 1. The molecular formula is C21H32N4O. The van der Waals surface area contributed by atoms with Gasteiger partial charge in [0.1, 0.15) is 0 Å². The first-order valence-electron chi connectivity index (χ1n) is 9.91. The molecule has 3 heterocycles. The van der Waals surface area contributed by atoms with Crippen LogP contribution in [0.5, 0.6) is 0 Å². The molecule has 2 aliphatic rings. The number of likely N-dealkylation sites (tertiary alicyclic amines) is 1. The minimum atomic E-state index is 0.310. The summed E-state index contributed by atoms with van der Waals surface area (Å²) in [5.74, 6) is 0.988. The maximum Gasteiger partial charge on any atom is 0.0480 e. The summed E-state index contributed by atoms with van der Waals surface area (Å²) in [5.41, 5.74) is 2.66. The maximum atomic E-state index is 9.90. The van der Waals surface area contributed by atoms with E-state index in [-0.39, 0.29) is 0 Å². The van der Waals surface area contributed by atoms with E-state index in [2.05, 4.69) is 63.7 Å². The van der Waals surface area contributed by atoms with Gasteiger partial charge in [-0.3, -0.25) is 4.90 Å². The average Bonchev–Trinajstić information content (AvgIpc) is 3.18. The fourth-order valence-corrected chi connectivity index (χ4v) is 4.67. The van der Waals surface area contributed by atoms with Crippen LogP contribution in [-0.2, 0) is 13.6 Å². The Bertz CT molecular complexity index is 735. The van der Waals surface area contributed by atoms with Gasteiger partial charge in [-0.2, -0.15) is 0 Å². The molecule has 0 radical (unpaired) electrons. The molecule has 26 heavy (non-hydrogen) atoms. The Morgan fingerprint density at radius 3 is 2.42 bits per heavy atom. The van der Waals surface area contributed by atoms with E-state index in [1.165, 1.54) is 16.6 Å². The molecule has 0 amide bonds. The van der Waals surface area contributed by atoms with Crippen LogP contribution in [0.1, 0.15) is 5.69 Å². The number of aliphatic hydroxyl groups excluding tert-OH is 1. The quantitative estimate of drug-likeness (QED) is 0.880. The van der Waals surface area contributed by atoms with Gasteiger partial charge >= 0.3 is 0 Å². The van der Waals surface area contributed by atoms with E-state index in [1.807, 2.05) is 0 Å². The third-order valence-corrected chi connectivity index (χ3v) is 6.41. The summed E-state index contributed by atoms with van der Waals surface area (Å²) < 4.78 is 2.32. The predicted octanol–water partition coefficient (Wildman–Crippen LogP) is 1.47. The van der Waals surface area contributed by atoms with E-state index < -0.39 is 0 Å². The van der Waals surface area contributed by atoms with E-state index in [0.29, 0.717) is 18.4 Å². The van der Waals surface area contributed by atoms with Gasteiger partial charge in [-0.25, -0.2) is 0 Å². The second-order valence-corrected chi connectivity index (χ2v) is 8.25. The van der Waals surface area contributed by atoms with Crippen LogP contribution < -0.4 is 0 Å². The van der Waals surface area contributed by atoms with Crippen molar-refractivity contribution >= 4 is 10.9 Å². The molecule has 2 aromatic rings. The molecule has 1 aromatic carbocycles. The Labute approximate surface area is 156 Å². The number of likely N-dealkylation sites (N-methyl/N-ethyl adjacent to an activating group) is 1. The summed E-state index contributed by atoms with van der Waals surface area (Å²) in [5, 5.41) is 11.2. The molecule has 142 valence electrons. The third-order valence-electron chi connectivity index (χ3n) is 6.41. The molecule has 0 saturated carbocycles. The zero-order valence-electron chi connectivity index (χ0n) is 16.1. The number of hydrogen-bond donors (Lipinski definition) is 1. The normalized spacial score (nSPS) is 26.1. The number of nitrogens with zero attached hydrogens (tertiary/aromatic N) is 4. The SMILES string of the molecule is CN1CCN(C[C@@H]2CN(Cc3cc4ccccc4n3C)C[C@@H]2CO)CC1. The Hall–Kier alpha value is -1.40. The summed E-state index contributed by atoms with van der Waals surface area (Å²) in [6.45, 7) is 9.17. The van der Waals surface area contributed by atoms with Crippen LogP contribution in [0.15, 0.2) is 30.3 Å². The second-order valence-electron chi connectivity index (χ2n) is 8.25. The molecule has 1 N–H and O–H groups in total. The third kappa shape index (κ3) is 3.67. The van der Waals surface area contributed by atoms with Gasteiger partial charge in [-0.1, -0.05) is 18.2 Å². The molecule has 0 spiro atoms. The molecule has 2 saturated heterocycles. The lowest BCUT2D eigenvalue weighted by molar-refractivity contribution is 0.116. The molecule has 2 aliphatic heterocycles. The van der Waals surface area contributed by atoms with Gasteiger partial charge < -0.3 is 19.5 Å². The standard InChI is InChI=1S/C21H32N4O/c1-22-7-9-24(10-8-22)12-18-13-25(14-19(18)16-26)15-20-11-17-5-3-4-6-21(17)23(20)2/h3-6,11,18-19,26H,7-10,12-16H2,1-2H3/t18-,19-/m1/s1. The summed E-state index contributed by atoms with van der Waals surface area (Å²) in [4.78, 5) is 7.53. The molecule has 1 aromatic heterocycles. The molecule has 5 nitrogen and oxygen atoms in total. The lowest BCUT2D eigenvalue weighted by Gasteiger charge is -2.34.